The Labute approximate surface area is 118 Å². The molecule has 2 rings (SSSR count). The van der Waals surface area contributed by atoms with Crippen LogP contribution in [0.5, 0.6) is 0 Å². The van der Waals surface area contributed by atoms with E-state index in [0.717, 1.165) is 6.07 Å². The quantitative estimate of drug-likeness (QED) is 0.910. The maximum atomic E-state index is 13.2. The van der Waals surface area contributed by atoms with Crippen LogP contribution in [-0.2, 0) is 6.61 Å². The van der Waals surface area contributed by atoms with Crippen LogP contribution in [0.1, 0.15) is 15.9 Å². The van der Waals surface area contributed by atoms with Crippen LogP contribution in [0, 0.1) is 5.82 Å². The Kier molecular flexibility index (Phi) is 4.29. The monoisotopic (exact) mass is 323 g/mol. The summed E-state index contributed by atoms with van der Waals surface area (Å²) >= 11 is 3.20. The van der Waals surface area contributed by atoms with Gasteiger partial charge in [0.05, 0.1) is 12.2 Å². The number of aliphatic hydroxyl groups excluding tert-OH is 1. The number of carbonyl (C=O) groups is 1. The molecular formula is C14H11BrFNO2. The van der Waals surface area contributed by atoms with E-state index in [1.54, 1.807) is 24.3 Å². The van der Waals surface area contributed by atoms with E-state index < -0.39 is 11.7 Å². The van der Waals surface area contributed by atoms with E-state index in [4.69, 9.17) is 0 Å². The molecule has 0 atom stereocenters. The Morgan fingerprint density at radius 2 is 2.00 bits per heavy atom. The molecule has 3 nitrogen and oxygen atoms in total. The van der Waals surface area contributed by atoms with Gasteiger partial charge in [0.2, 0.25) is 0 Å². The Bertz CT molecular complexity index is 616. The van der Waals surface area contributed by atoms with Crippen molar-refractivity contribution in [1.82, 2.24) is 0 Å². The first-order valence-corrected chi connectivity index (χ1v) is 6.36. The summed E-state index contributed by atoms with van der Waals surface area (Å²) in [5.74, 6) is -0.920. The number of nitrogens with one attached hydrogen (secondary N) is 1. The number of amides is 1. The predicted octanol–water partition coefficient (Wildman–Crippen LogP) is 3.33. The molecule has 0 radical (unpaired) electrons. The summed E-state index contributed by atoms with van der Waals surface area (Å²) in [6, 6.07) is 10.8. The highest BCUT2D eigenvalue weighted by Gasteiger charge is 2.12. The molecule has 2 aromatic rings. The summed E-state index contributed by atoms with van der Waals surface area (Å²) in [5, 5.41) is 11.8. The van der Waals surface area contributed by atoms with Crippen LogP contribution in [0.15, 0.2) is 46.9 Å². The molecule has 0 aliphatic rings. The molecular weight excluding hydrogens is 313 g/mol. The molecule has 0 saturated carbocycles. The van der Waals surface area contributed by atoms with Gasteiger partial charge in [-0.15, -0.1) is 0 Å². The van der Waals surface area contributed by atoms with Crippen molar-refractivity contribution in [3.05, 3.63) is 63.9 Å². The molecule has 0 heterocycles. The molecule has 1 amide bonds. The van der Waals surface area contributed by atoms with Crippen molar-refractivity contribution < 1.29 is 14.3 Å². The predicted molar refractivity (Wildman–Crippen MR) is 74.4 cm³/mol. The minimum Gasteiger partial charge on any atom is -0.392 e. The zero-order valence-corrected chi connectivity index (χ0v) is 11.4. The van der Waals surface area contributed by atoms with Gasteiger partial charge < -0.3 is 10.4 Å². The van der Waals surface area contributed by atoms with Gasteiger partial charge in [-0.25, -0.2) is 4.39 Å². The second-order valence-electron chi connectivity index (χ2n) is 3.89. The van der Waals surface area contributed by atoms with Crippen LogP contribution >= 0.6 is 15.9 Å². The highest BCUT2D eigenvalue weighted by Crippen LogP contribution is 2.21. The highest BCUT2D eigenvalue weighted by atomic mass is 79.9. The third-order valence-corrected chi connectivity index (χ3v) is 3.30. The van der Waals surface area contributed by atoms with Gasteiger partial charge in [0, 0.05) is 15.7 Å². The average Bonchev–Trinajstić information content (AvgIpc) is 2.42. The van der Waals surface area contributed by atoms with Crippen LogP contribution in [0.4, 0.5) is 10.1 Å². The standard InChI is InChI=1S/C14H11BrFNO2/c15-12-6-5-10(16)7-11(12)14(19)17-13-4-2-1-3-9(13)8-18/h1-7,18H,8H2,(H,17,19). The third kappa shape index (κ3) is 3.19. The van der Waals surface area contributed by atoms with E-state index in [9.17, 15) is 14.3 Å². The number of halogens is 2. The second kappa shape index (κ2) is 5.95. The van der Waals surface area contributed by atoms with E-state index in [1.165, 1.54) is 12.1 Å². The first kappa shape index (κ1) is 13.7. The number of aliphatic hydroxyl groups is 1. The lowest BCUT2D eigenvalue weighted by atomic mass is 10.1. The molecule has 0 fully saturated rings. The largest absolute Gasteiger partial charge is 0.392 e. The van der Waals surface area contributed by atoms with Crippen LogP contribution in [0.25, 0.3) is 0 Å². The SMILES string of the molecule is O=C(Nc1ccccc1CO)c1cc(F)ccc1Br. The van der Waals surface area contributed by atoms with Gasteiger partial charge in [-0.3, -0.25) is 4.79 Å². The number of hydrogen-bond donors (Lipinski definition) is 2. The van der Waals surface area contributed by atoms with Crippen molar-refractivity contribution in [3.63, 3.8) is 0 Å². The van der Waals surface area contributed by atoms with E-state index in [2.05, 4.69) is 21.2 Å². The van der Waals surface area contributed by atoms with Gasteiger partial charge in [-0.2, -0.15) is 0 Å². The molecule has 0 aromatic heterocycles. The molecule has 0 spiro atoms. The van der Waals surface area contributed by atoms with Crippen molar-refractivity contribution in [2.75, 3.05) is 5.32 Å². The van der Waals surface area contributed by atoms with Crippen LogP contribution in [-0.4, -0.2) is 11.0 Å². The summed E-state index contributed by atoms with van der Waals surface area (Å²) in [5.41, 5.74) is 1.31. The van der Waals surface area contributed by atoms with E-state index in [0.29, 0.717) is 15.7 Å². The van der Waals surface area contributed by atoms with Crippen molar-refractivity contribution in [3.8, 4) is 0 Å². The van der Waals surface area contributed by atoms with Crippen molar-refractivity contribution in [2.45, 2.75) is 6.61 Å². The fourth-order valence-electron chi connectivity index (χ4n) is 1.64. The maximum absolute atomic E-state index is 13.2. The van der Waals surface area contributed by atoms with E-state index in [1.807, 2.05) is 0 Å². The molecule has 19 heavy (non-hydrogen) atoms. The average molecular weight is 324 g/mol. The minimum atomic E-state index is -0.483. The van der Waals surface area contributed by atoms with Crippen LogP contribution < -0.4 is 5.32 Å². The number of hydrogen-bond acceptors (Lipinski definition) is 2. The zero-order chi connectivity index (χ0) is 13.8. The van der Waals surface area contributed by atoms with Gasteiger partial charge >= 0.3 is 0 Å². The molecule has 0 unspecified atom stereocenters. The maximum Gasteiger partial charge on any atom is 0.256 e. The minimum absolute atomic E-state index is 0.180. The lowest BCUT2D eigenvalue weighted by Crippen LogP contribution is -2.14. The molecule has 2 aromatic carbocycles. The fourth-order valence-corrected chi connectivity index (χ4v) is 2.07. The summed E-state index contributed by atoms with van der Waals surface area (Å²) in [6.07, 6.45) is 0. The zero-order valence-electron chi connectivity index (χ0n) is 9.86. The number of carbonyl (C=O) groups excluding carboxylic acids is 1. The molecule has 0 aliphatic carbocycles. The third-order valence-electron chi connectivity index (χ3n) is 2.61. The topological polar surface area (TPSA) is 49.3 Å². The van der Waals surface area contributed by atoms with Gasteiger partial charge in [0.25, 0.3) is 5.91 Å². The summed E-state index contributed by atoms with van der Waals surface area (Å²) in [6.45, 7) is -0.180. The number of benzene rings is 2. The van der Waals surface area contributed by atoms with Crippen molar-refractivity contribution in [1.29, 1.82) is 0 Å². The smallest absolute Gasteiger partial charge is 0.256 e. The summed E-state index contributed by atoms with van der Waals surface area (Å²) < 4.78 is 13.7. The first-order chi connectivity index (χ1) is 9.11. The molecule has 0 saturated heterocycles. The fraction of sp³-hybridized carbons (Fsp3) is 0.0714. The molecule has 0 bridgehead atoms. The number of para-hydroxylation sites is 1. The normalized spacial score (nSPS) is 10.3. The van der Waals surface area contributed by atoms with Crippen molar-refractivity contribution >= 4 is 27.5 Å². The Balaban J connectivity index is 2.28. The summed E-state index contributed by atoms with van der Waals surface area (Å²) in [4.78, 5) is 12.1. The first-order valence-electron chi connectivity index (χ1n) is 5.57. The van der Waals surface area contributed by atoms with E-state index >= 15 is 0 Å². The van der Waals surface area contributed by atoms with Crippen LogP contribution in [0.2, 0.25) is 0 Å². The van der Waals surface area contributed by atoms with E-state index in [-0.39, 0.29) is 12.2 Å². The lowest BCUT2D eigenvalue weighted by molar-refractivity contribution is 0.102. The lowest BCUT2D eigenvalue weighted by Gasteiger charge is -2.10. The Morgan fingerprint density at radius 3 is 2.74 bits per heavy atom. The highest BCUT2D eigenvalue weighted by molar-refractivity contribution is 9.10. The molecule has 5 heteroatoms. The summed E-state index contributed by atoms with van der Waals surface area (Å²) in [7, 11) is 0. The van der Waals surface area contributed by atoms with Crippen LogP contribution in [0.3, 0.4) is 0 Å². The molecule has 98 valence electrons. The van der Waals surface area contributed by atoms with Gasteiger partial charge in [0.15, 0.2) is 0 Å². The molecule has 0 aliphatic heterocycles. The van der Waals surface area contributed by atoms with Gasteiger partial charge in [-0.05, 0) is 40.2 Å². The molecule has 2 N–H and O–H groups in total. The van der Waals surface area contributed by atoms with Gasteiger partial charge in [-0.1, -0.05) is 18.2 Å². The van der Waals surface area contributed by atoms with Gasteiger partial charge in [0.1, 0.15) is 5.82 Å². The number of rotatable bonds is 3. The Hall–Kier alpha value is -1.72. The number of anilines is 1. The second-order valence-corrected chi connectivity index (χ2v) is 4.75. The van der Waals surface area contributed by atoms with Crippen molar-refractivity contribution in [2.24, 2.45) is 0 Å². The Morgan fingerprint density at radius 1 is 1.26 bits per heavy atom.